The van der Waals surface area contributed by atoms with Crippen molar-refractivity contribution in [3.63, 3.8) is 0 Å². The van der Waals surface area contributed by atoms with E-state index in [2.05, 4.69) is 16.3 Å². The van der Waals surface area contributed by atoms with Crippen LogP contribution in [-0.2, 0) is 40.0 Å². The van der Waals surface area contributed by atoms with E-state index in [9.17, 15) is 22.8 Å². The van der Waals surface area contributed by atoms with Gasteiger partial charge in [-0.25, -0.2) is 0 Å². The molecule has 2 fully saturated rings. The van der Waals surface area contributed by atoms with Gasteiger partial charge in [-0.15, -0.1) is 11.3 Å². The van der Waals surface area contributed by atoms with E-state index in [0.717, 1.165) is 45.0 Å². The van der Waals surface area contributed by atoms with Crippen LogP contribution in [0.2, 0.25) is 0 Å². The average molecular weight is 552 g/mol. The van der Waals surface area contributed by atoms with Crippen molar-refractivity contribution in [2.75, 3.05) is 39.4 Å². The molecule has 0 spiro atoms. The van der Waals surface area contributed by atoms with Crippen LogP contribution in [0, 0.1) is 5.92 Å². The Morgan fingerprint density at radius 2 is 2.05 bits per heavy atom. The van der Waals surface area contributed by atoms with Crippen molar-refractivity contribution in [3.05, 3.63) is 55.6 Å². The maximum Gasteiger partial charge on any atom is 0.416 e. The molecule has 4 aliphatic rings. The van der Waals surface area contributed by atoms with Crippen LogP contribution < -0.4 is 5.56 Å². The molecule has 0 N–H and O–H groups in total. The predicted octanol–water partition coefficient (Wildman–Crippen LogP) is 3.50. The number of hydrogen-bond acceptors (Lipinski definition) is 7. The van der Waals surface area contributed by atoms with Gasteiger partial charge in [0.1, 0.15) is 5.78 Å². The minimum Gasteiger partial charge on any atom is -0.380 e. The smallest absolute Gasteiger partial charge is 0.380 e. The van der Waals surface area contributed by atoms with Gasteiger partial charge in [0.15, 0.2) is 0 Å². The molecule has 0 saturated carbocycles. The Bertz CT molecular complexity index is 1240. The molecule has 2 saturated heterocycles. The lowest BCUT2D eigenvalue weighted by atomic mass is 9.98. The zero-order valence-electron chi connectivity index (χ0n) is 21.1. The third-order valence-electron chi connectivity index (χ3n) is 8.38. The molecule has 3 unspecified atom stereocenters. The number of halogens is 3. The molecule has 4 atom stereocenters. The predicted molar refractivity (Wildman–Crippen MR) is 135 cm³/mol. The normalized spacial score (nSPS) is 28.1. The fraction of sp³-hybridized carbons (Fsp3) is 0.630. The first-order chi connectivity index (χ1) is 18.2. The van der Waals surface area contributed by atoms with E-state index in [1.165, 1.54) is 15.0 Å². The van der Waals surface area contributed by atoms with Crippen molar-refractivity contribution >= 4 is 17.1 Å². The van der Waals surface area contributed by atoms with Crippen LogP contribution in [0.3, 0.4) is 0 Å². The van der Waals surface area contributed by atoms with Crippen LogP contribution in [0.15, 0.2) is 28.4 Å². The molecule has 2 aromatic rings. The average Bonchev–Trinajstić information content (AvgIpc) is 3.65. The lowest BCUT2D eigenvalue weighted by molar-refractivity contribution is -0.138. The van der Waals surface area contributed by atoms with Crippen molar-refractivity contribution in [1.29, 1.82) is 0 Å². The highest BCUT2D eigenvalue weighted by molar-refractivity contribution is 7.10. The number of thiophene rings is 1. The molecule has 7 nitrogen and oxygen atoms in total. The number of ketones is 1. The van der Waals surface area contributed by atoms with Crippen molar-refractivity contribution in [3.8, 4) is 0 Å². The summed E-state index contributed by atoms with van der Waals surface area (Å²) >= 11 is 1.74. The standard InChI is InChI=1S/C27H32F3N3O4S/c28-27(29,30)19-10-21-13-31(5-6-33(21)25(35)11-19)14-22(34)9-18-12-32(20-3-7-36-16-20)15-24(18)37-23-2-1-17-4-8-38-26(17)23/h4,8,10-11,18,20,23-24H,1-3,5-7,9,12-16H2/t18?,20?,23?,24-/m0/s1. The number of fused-ring (bicyclic) bond motifs is 2. The fourth-order valence-electron chi connectivity index (χ4n) is 6.42. The first-order valence-electron chi connectivity index (χ1n) is 13.3. The second-order valence-electron chi connectivity index (χ2n) is 10.9. The lowest BCUT2D eigenvalue weighted by Gasteiger charge is -2.30. The van der Waals surface area contributed by atoms with E-state index in [-0.39, 0.29) is 43.5 Å². The molecule has 38 heavy (non-hydrogen) atoms. The minimum absolute atomic E-state index is 0.0485. The largest absolute Gasteiger partial charge is 0.416 e. The SMILES string of the molecule is O=C(CC1CN(C2CCOC2)C[C@@H]1OC1CCc2ccsc21)CN1CCn2c(cc(C(F)(F)F)cc2=O)C1. The summed E-state index contributed by atoms with van der Waals surface area (Å²) in [4.78, 5) is 31.0. The van der Waals surface area contributed by atoms with Crippen LogP contribution >= 0.6 is 11.3 Å². The van der Waals surface area contributed by atoms with Crippen molar-refractivity contribution < 1.29 is 27.4 Å². The van der Waals surface area contributed by atoms with Gasteiger partial charge in [0, 0.05) is 74.3 Å². The Morgan fingerprint density at radius 3 is 2.84 bits per heavy atom. The number of alkyl halides is 3. The van der Waals surface area contributed by atoms with E-state index < -0.39 is 17.3 Å². The molecule has 6 rings (SSSR count). The zero-order valence-corrected chi connectivity index (χ0v) is 21.9. The van der Waals surface area contributed by atoms with E-state index in [0.29, 0.717) is 37.4 Å². The van der Waals surface area contributed by atoms with Gasteiger partial charge >= 0.3 is 6.18 Å². The third-order valence-corrected chi connectivity index (χ3v) is 9.43. The first kappa shape index (κ1) is 26.2. The second-order valence-corrected chi connectivity index (χ2v) is 11.9. The molecular weight excluding hydrogens is 519 g/mol. The number of hydrogen-bond donors (Lipinski definition) is 0. The molecule has 0 amide bonds. The first-order valence-corrected chi connectivity index (χ1v) is 14.2. The van der Waals surface area contributed by atoms with Crippen LogP contribution in [0.4, 0.5) is 13.2 Å². The van der Waals surface area contributed by atoms with Crippen LogP contribution in [0.5, 0.6) is 0 Å². The van der Waals surface area contributed by atoms with E-state index in [1.807, 2.05) is 4.90 Å². The molecule has 2 aromatic heterocycles. The number of rotatable bonds is 7. The topological polar surface area (TPSA) is 64.0 Å². The summed E-state index contributed by atoms with van der Waals surface area (Å²) in [7, 11) is 0. The molecule has 0 bridgehead atoms. The zero-order chi connectivity index (χ0) is 26.4. The molecule has 0 radical (unpaired) electrons. The van der Waals surface area contributed by atoms with E-state index in [4.69, 9.17) is 9.47 Å². The van der Waals surface area contributed by atoms with Crippen LogP contribution in [0.1, 0.15) is 47.1 Å². The van der Waals surface area contributed by atoms with Gasteiger partial charge in [-0.1, -0.05) is 0 Å². The number of aromatic nitrogens is 1. The van der Waals surface area contributed by atoms with Crippen molar-refractivity contribution in [2.45, 2.75) is 63.2 Å². The van der Waals surface area contributed by atoms with Gasteiger partial charge in [-0.05, 0) is 42.3 Å². The number of nitrogens with zero attached hydrogens (tertiary/aromatic N) is 3. The number of Topliss-reactive ketones (excluding diaryl/α,β-unsaturated/α-hetero) is 1. The van der Waals surface area contributed by atoms with Gasteiger partial charge in [-0.3, -0.25) is 19.4 Å². The van der Waals surface area contributed by atoms with Gasteiger partial charge in [0.2, 0.25) is 0 Å². The molecular formula is C27H32F3N3O4S. The Labute approximate surface area is 223 Å². The maximum atomic E-state index is 13.3. The van der Waals surface area contributed by atoms with Crippen molar-refractivity contribution in [2.24, 2.45) is 5.92 Å². The van der Waals surface area contributed by atoms with Gasteiger partial charge in [0.05, 0.1) is 30.9 Å². The summed E-state index contributed by atoms with van der Waals surface area (Å²) in [5.41, 5.74) is 0.0735. The maximum absolute atomic E-state index is 13.3. The minimum atomic E-state index is -4.58. The summed E-state index contributed by atoms with van der Waals surface area (Å²) in [6, 6.07) is 4.20. The van der Waals surface area contributed by atoms with Crippen LogP contribution in [-0.4, -0.2) is 71.7 Å². The Morgan fingerprint density at radius 1 is 1.18 bits per heavy atom. The fourth-order valence-corrected chi connectivity index (χ4v) is 7.44. The number of pyridine rings is 1. The molecule has 0 aromatic carbocycles. The molecule has 11 heteroatoms. The monoisotopic (exact) mass is 551 g/mol. The highest BCUT2D eigenvalue weighted by Gasteiger charge is 2.41. The number of carbonyl (C=O) groups excluding carboxylic acids is 1. The summed E-state index contributed by atoms with van der Waals surface area (Å²) in [5, 5.41) is 2.11. The highest BCUT2D eigenvalue weighted by Crippen LogP contribution is 2.41. The van der Waals surface area contributed by atoms with Crippen molar-refractivity contribution in [1.82, 2.24) is 14.4 Å². The lowest BCUT2D eigenvalue weighted by Crippen LogP contribution is -2.42. The molecule has 206 valence electrons. The molecule has 1 aliphatic carbocycles. The number of likely N-dealkylation sites (tertiary alicyclic amines) is 1. The van der Waals surface area contributed by atoms with Gasteiger partial charge in [-0.2, -0.15) is 13.2 Å². The third kappa shape index (κ3) is 5.36. The van der Waals surface area contributed by atoms with Gasteiger partial charge < -0.3 is 14.0 Å². The summed E-state index contributed by atoms with van der Waals surface area (Å²) < 4.78 is 53.3. The number of carbonyl (C=O) groups is 1. The number of ether oxygens (including phenoxy) is 2. The van der Waals surface area contributed by atoms with Gasteiger partial charge in [0.25, 0.3) is 5.56 Å². The summed E-state index contributed by atoms with van der Waals surface area (Å²) in [6.45, 7) is 4.04. The van der Waals surface area contributed by atoms with Crippen LogP contribution in [0.25, 0.3) is 0 Å². The Balaban J connectivity index is 1.11. The summed E-state index contributed by atoms with van der Waals surface area (Å²) in [5.74, 6) is 0.114. The number of aryl methyl sites for hydroxylation is 1. The highest BCUT2D eigenvalue weighted by atomic mass is 32.1. The Hall–Kier alpha value is -2.05. The second kappa shape index (κ2) is 10.5. The molecule has 5 heterocycles. The quantitative estimate of drug-likeness (QED) is 0.525. The van der Waals surface area contributed by atoms with E-state index >= 15 is 0 Å². The molecule has 3 aliphatic heterocycles. The summed E-state index contributed by atoms with van der Waals surface area (Å²) in [6.07, 6.45) is -1.21. The Kier molecular flexibility index (Phi) is 7.23. The van der Waals surface area contributed by atoms with E-state index in [1.54, 1.807) is 11.3 Å².